The Bertz CT molecular complexity index is 258. The number of ether oxygens (including phenoxy) is 1. The largest absolute Gasteiger partial charge is 0.394 e. The van der Waals surface area contributed by atoms with E-state index in [4.69, 9.17) is 16.2 Å². The van der Waals surface area contributed by atoms with Gasteiger partial charge in [0.05, 0.1) is 24.5 Å². The number of rotatable bonds is 3. The lowest BCUT2D eigenvalue weighted by molar-refractivity contribution is 0.100. The van der Waals surface area contributed by atoms with Gasteiger partial charge in [0.1, 0.15) is 5.82 Å². The second-order valence-electron chi connectivity index (χ2n) is 2.71. The van der Waals surface area contributed by atoms with Crippen LogP contribution < -0.4 is 11.5 Å². The summed E-state index contributed by atoms with van der Waals surface area (Å²) in [6.45, 7) is 2.57. The summed E-state index contributed by atoms with van der Waals surface area (Å²) in [6.07, 6.45) is 1.63. The Morgan fingerprint density at radius 2 is 2.33 bits per heavy atom. The number of aromatic nitrogens is 2. The molecule has 0 bridgehead atoms. The maximum Gasteiger partial charge on any atom is 0.145 e. The van der Waals surface area contributed by atoms with Gasteiger partial charge in [0.15, 0.2) is 0 Å². The summed E-state index contributed by atoms with van der Waals surface area (Å²) >= 11 is 0. The maximum atomic E-state index is 5.63. The first-order valence-electron chi connectivity index (χ1n) is 3.74. The molecule has 5 nitrogen and oxygen atoms in total. The smallest absolute Gasteiger partial charge is 0.145 e. The van der Waals surface area contributed by atoms with Crippen molar-refractivity contribution in [2.45, 2.75) is 19.6 Å². The molecular formula is C7H14N4O. The highest BCUT2D eigenvalue weighted by atomic mass is 16.5. The lowest BCUT2D eigenvalue weighted by Crippen LogP contribution is -2.17. The first kappa shape index (κ1) is 8.86. The number of hydrogen-bond acceptors (Lipinski definition) is 4. The molecule has 1 atom stereocenters. The summed E-state index contributed by atoms with van der Waals surface area (Å²) in [6, 6.07) is 0. The molecular weight excluding hydrogens is 156 g/mol. The number of nitrogens with zero attached hydrogens (tertiary/aromatic N) is 2. The van der Waals surface area contributed by atoms with E-state index in [0.717, 1.165) is 0 Å². The van der Waals surface area contributed by atoms with Crippen LogP contribution in [0.5, 0.6) is 0 Å². The van der Waals surface area contributed by atoms with Crippen molar-refractivity contribution in [3.63, 3.8) is 0 Å². The van der Waals surface area contributed by atoms with Crippen LogP contribution in [-0.4, -0.2) is 23.0 Å². The number of nitrogens with two attached hydrogens (primary N) is 2. The Balaban J connectivity index is 2.69. The highest BCUT2D eigenvalue weighted by Gasteiger charge is 2.06. The average molecular weight is 170 g/mol. The molecule has 0 saturated heterocycles. The van der Waals surface area contributed by atoms with E-state index in [1.54, 1.807) is 11.8 Å². The Kier molecular flexibility index (Phi) is 2.54. The quantitative estimate of drug-likeness (QED) is 0.673. The second-order valence-corrected chi connectivity index (χ2v) is 2.71. The minimum atomic E-state index is 0.0894. The number of anilines is 2. The molecule has 1 aromatic heterocycles. The molecule has 68 valence electrons. The molecule has 0 spiro atoms. The highest BCUT2D eigenvalue weighted by Crippen LogP contribution is 2.12. The summed E-state index contributed by atoms with van der Waals surface area (Å²) < 4.78 is 6.69. The summed E-state index contributed by atoms with van der Waals surface area (Å²) in [4.78, 5) is 0. The summed E-state index contributed by atoms with van der Waals surface area (Å²) in [5.74, 6) is 0.499. The minimum absolute atomic E-state index is 0.0894. The molecule has 0 aliphatic rings. The first-order valence-corrected chi connectivity index (χ1v) is 3.74. The molecule has 1 unspecified atom stereocenters. The van der Waals surface area contributed by atoms with E-state index < -0.39 is 0 Å². The topological polar surface area (TPSA) is 79.1 Å². The van der Waals surface area contributed by atoms with Crippen molar-refractivity contribution in [1.29, 1.82) is 0 Å². The van der Waals surface area contributed by atoms with Crippen LogP contribution >= 0.6 is 0 Å². The molecule has 1 aromatic rings. The predicted octanol–water partition coefficient (Wildman–Crippen LogP) is 0.0824. The fraction of sp³-hybridized carbons (Fsp3) is 0.571. The van der Waals surface area contributed by atoms with Gasteiger partial charge in [-0.25, -0.2) is 4.68 Å². The summed E-state index contributed by atoms with van der Waals surface area (Å²) in [5, 5.41) is 3.99. The number of methoxy groups -OCH3 is 1. The molecule has 0 aliphatic heterocycles. The zero-order valence-corrected chi connectivity index (χ0v) is 7.32. The molecule has 1 rings (SSSR count). The highest BCUT2D eigenvalue weighted by molar-refractivity contribution is 5.56. The van der Waals surface area contributed by atoms with Crippen LogP contribution in [0, 0.1) is 0 Å². The van der Waals surface area contributed by atoms with Gasteiger partial charge in [0.2, 0.25) is 0 Å². The van der Waals surface area contributed by atoms with Crippen LogP contribution in [-0.2, 0) is 11.3 Å². The van der Waals surface area contributed by atoms with Crippen molar-refractivity contribution in [3.8, 4) is 0 Å². The lowest BCUT2D eigenvalue weighted by Gasteiger charge is -2.10. The minimum Gasteiger partial charge on any atom is -0.394 e. The Morgan fingerprint density at radius 1 is 1.67 bits per heavy atom. The number of hydrogen-bond donors (Lipinski definition) is 2. The number of nitrogen functional groups attached to an aromatic ring is 2. The standard InChI is InChI=1S/C7H14N4O/c1-5(12-2)4-11-7(9)6(8)3-10-11/h3,5H,4,8-9H2,1-2H3. The molecule has 4 N–H and O–H groups in total. The van der Waals surface area contributed by atoms with Gasteiger partial charge in [0.25, 0.3) is 0 Å². The van der Waals surface area contributed by atoms with Crippen LogP contribution in [0.4, 0.5) is 11.5 Å². The molecule has 0 aliphatic carbocycles. The van der Waals surface area contributed by atoms with Crippen LogP contribution in [0.3, 0.4) is 0 Å². The molecule has 1 heterocycles. The van der Waals surface area contributed by atoms with Gasteiger partial charge < -0.3 is 16.2 Å². The molecule has 0 saturated carbocycles. The van der Waals surface area contributed by atoms with E-state index in [9.17, 15) is 0 Å². The van der Waals surface area contributed by atoms with Crippen molar-refractivity contribution in [3.05, 3.63) is 6.20 Å². The average Bonchev–Trinajstić information content (AvgIpc) is 2.36. The van der Waals surface area contributed by atoms with Gasteiger partial charge >= 0.3 is 0 Å². The van der Waals surface area contributed by atoms with Crippen LogP contribution in [0.15, 0.2) is 6.20 Å². The first-order chi connectivity index (χ1) is 5.65. The third-order valence-electron chi connectivity index (χ3n) is 1.74. The fourth-order valence-electron chi connectivity index (χ4n) is 0.873. The van der Waals surface area contributed by atoms with Crippen molar-refractivity contribution in [2.75, 3.05) is 18.6 Å². The van der Waals surface area contributed by atoms with Crippen molar-refractivity contribution >= 4 is 11.5 Å². The van der Waals surface area contributed by atoms with E-state index in [0.29, 0.717) is 18.1 Å². The summed E-state index contributed by atoms with van der Waals surface area (Å²) in [5.41, 5.74) is 11.6. The normalized spacial score (nSPS) is 13.2. The van der Waals surface area contributed by atoms with Gasteiger partial charge in [0, 0.05) is 7.11 Å². The van der Waals surface area contributed by atoms with E-state index in [2.05, 4.69) is 5.10 Å². The van der Waals surface area contributed by atoms with Crippen LogP contribution in [0.1, 0.15) is 6.92 Å². The van der Waals surface area contributed by atoms with Gasteiger partial charge in [-0.05, 0) is 6.92 Å². The van der Waals surface area contributed by atoms with Crippen molar-refractivity contribution in [1.82, 2.24) is 9.78 Å². The van der Waals surface area contributed by atoms with Crippen molar-refractivity contribution < 1.29 is 4.74 Å². The Hall–Kier alpha value is -1.23. The Morgan fingerprint density at radius 3 is 2.75 bits per heavy atom. The summed E-state index contributed by atoms with van der Waals surface area (Å²) in [7, 11) is 1.65. The van der Waals surface area contributed by atoms with E-state index in [1.165, 1.54) is 6.20 Å². The van der Waals surface area contributed by atoms with Gasteiger partial charge in [-0.2, -0.15) is 5.10 Å². The second kappa shape index (κ2) is 3.44. The van der Waals surface area contributed by atoms with Crippen molar-refractivity contribution in [2.24, 2.45) is 0 Å². The fourth-order valence-corrected chi connectivity index (χ4v) is 0.873. The zero-order chi connectivity index (χ0) is 9.14. The molecule has 5 heteroatoms. The maximum absolute atomic E-state index is 5.63. The van der Waals surface area contributed by atoms with Gasteiger partial charge in [-0.15, -0.1) is 0 Å². The van der Waals surface area contributed by atoms with E-state index >= 15 is 0 Å². The van der Waals surface area contributed by atoms with Gasteiger partial charge in [-0.1, -0.05) is 0 Å². The SMILES string of the molecule is COC(C)Cn1ncc(N)c1N. The third-order valence-corrected chi connectivity index (χ3v) is 1.74. The zero-order valence-electron chi connectivity index (χ0n) is 7.32. The Labute approximate surface area is 71.3 Å². The van der Waals surface area contributed by atoms with E-state index in [-0.39, 0.29) is 6.10 Å². The molecule has 0 aromatic carbocycles. The predicted molar refractivity (Wildman–Crippen MR) is 47.5 cm³/mol. The van der Waals surface area contributed by atoms with Crippen LogP contribution in [0.2, 0.25) is 0 Å². The molecule has 0 fully saturated rings. The molecule has 12 heavy (non-hydrogen) atoms. The van der Waals surface area contributed by atoms with Gasteiger partial charge in [-0.3, -0.25) is 0 Å². The lowest BCUT2D eigenvalue weighted by atomic mass is 10.4. The monoisotopic (exact) mass is 170 g/mol. The molecule has 0 radical (unpaired) electrons. The third kappa shape index (κ3) is 1.68. The van der Waals surface area contributed by atoms with E-state index in [1.807, 2.05) is 6.92 Å². The van der Waals surface area contributed by atoms with Crippen LogP contribution in [0.25, 0.3) is 0 Å². The molecule has 0 amide bonds.